The first kappa shape index (κ1) is 22.5. The van der Waals surface area contributed by atoms with E-state index in [0.29, 0.717) is 11.4 Å². The maximum atomic E-state index is 11.4. The van der Waals surface area contributed by atoms with Crippen molar-refractivity contribution in [1.82, 2.24) is 24.9 Å². The predicted molar refractivity (Wildman–Crippen MR) is 125 cm³/mol. The number of likely N-dealkylation sites (tertiary alicyclic amines) is 1. The second kappa shape index (κ2) is 9.05. The Morgan fingerprint density at radius 3 is 2.53 bits per heavy atom. The van der Waals surface area contributed by atoms with E-state index in [9.17, 15) is 4.79 Å². The molecular weight excluding hydrogens is 428 g/mol. The molecule has 2 fully saturated rings. The van der Waals surface area contributed by atoms with E-state index >= 15 is 0 Å². The van der Waals surface area contributed by atoms with Crippen LogP contribution in [0.5, 0.6) is 0 Å². The van der Waals surface area contributed by atoms with Crippen molar-refractivity contribution in [3.8, 4) is 0 Å². The summed E-state index contributed by atoms with van der Waals surface area (Å²) in [5.74, 6) is 0.0522. The minimum atomic E-state index is -0.596. The van der Waals surface area contributed by atoms with Gasteiger partial charge in [-0.05, 0) is 42.9 Å². The van der Waals surface area contributed by atoms with Gasteiger partial charge in [0.1, 0.15) is 0 Å². The number of amides is 1. The SMILES string of the molecule is Cl.Cn1cc(CN2CCC3(CCN(c4ncc(C(=O)NO)cn4)CC3)C2)c2ccccc21. The molecule has 0 bridgehead atoms. The lowest BCUT2D eigenvalue weighted by Crippen LogP contribution is -2.42. The van der Waals surface area contributed by atoms with Crippen LogP contribution >= 0.6 is 12.4 Å². The Hall–Kier alpha value is -2.68. The lowest BCUT2D eigenvalue weighted by Gasteiger charge is -2.39. The van der Waals surface area contributed by atoms with Crippen molar-refractivity contribution >= 4 is 35.2 Å². The second-order valence-corrected chi connectivity index (χ2v) is 8.94. The van der Waals surface area contributed by atoms with Gasteiger partial charge in [-0.2, -0.15) is 0 Å². The third kappa shape index (κ3) is 4.18. The highest BCUT2D eigenvalue weighted by Gasteiger charge is 2.41. The molecule has 0 atom stereocenters. The third-order valence-corrected chi connectivity index (χ3v) is 7.00. The van der Waals surface area contributed by atoms with E-state index in [0.717, 1.165) is 45.6 Å². The summed E-state index contributed by atoms with van der Waals surface area (Å²) in [7, 11) is 2.12. The number of hydrogen-bond acceptors (Lipinski definition) is 6. The number of piperidine rings is 1. The largest absolute Gasteiger partial charge is 0.350 e. The lowest BCUT2D eigenvalue weighted by atomic mass is 9.78. The zero-order valence-corrected chi connectivity index (χ0v) is 19.0. The highest BCUT2D eigenvalue weighted by molar-refractivity contribution is 5.92. The molecule has 4 heterocycles. The van der Waals surface area contributed by atoms with Gasteiger partial charge in [-0.1, -0.05) is 18.2 Å². The number of carbonyl (C=O) groups excluding carboxylic acids is 1. The van der Waals surface area contributed by atoms with Crippen molar-refractivity contribution in [3.05, 3.63) is 54.0 Å². The Labute approximate surface area is 193 Å². The monoisotopic (exact) mass is 456 g/mol. The summed E-state index contributed by atoms with van der Waals surface area (Å²) in [5.41, 5.74) is 4.93. The summed E-state index contributed by atoms with van der Waals surface area (Å²) in [5, 5.41) is 10.1. The normalized spacial score (nSPS) is 18.1. The molecule has 0 radical (unpaired) electrons. The van der Waals surface area contributed by atoms with Gasteiger partial charge in [-0.3, -0.25) is 14.9 Å². The first-order chi connectivity index (χ1) is 15.1. The van der Waals surface area contributed by atoms with E-state index in [-0.39, 0.29) is 18.0 Å². The molecule has 1 spiro atoms. The van der Waals surface area contributed by atoms with Crippen LogP contribution in [0, 0.1) is 5.41 Å². The van der Waals surface area contributed by atoms with Crippen LogP contribution in [0.1, 0.15) is 35.2 Å². The fraction of sp³-hybridized carbons (Fsp3) is 0.435. The van der Waals surface area contributed by atoms with E-state index in [4.69, 9.17) is 5.21 Å². The van der Waals surface area contributed by atoms with Crippen molar-refractivity contribution in [3.63, 3.8) is 0 Å². The molecule has 1 aromatic carbocycles. The quantitative estimate of drug-likeness (QED) is 0.463. The Balaban J connectivity index is 0.00000245. The number of hydroxylamine groups is 1. The van der Waals surface area contributed by atoms with Crippen molar-refractivity contribution in [2.75, 3.05) is 31.1 Å². The van der Waals surface area contributed by atoms with Crippen LogP contribution in [0.2, 0.25) is 0 Å². The number of rotatable bonds is 4. The van der Waals surface area contributed by atoms with E-state index in [1.165, 1.54) is 35.3 Å². The lowest BCUT2D eigenvalue weighted by molar-refractivity contribution is 0.0705. The van der Waals surface area contributed by atoms with Crippen molar-refractivity contribution < 1.29 is 10.0 Å². The molecule has 1 amide bonds. The summed E-state index contributed by atoms with van der Waals surface area (Å²) in [6.07, 6.45) is 8.68. The number of nitrogens with one attached hydrogen (secondary N) is 1. The highest BCUT2D eigenvalue weighted by atomic mass is 35.5. The number of halogens is 1. The Kier molecular flexibility index (Phi) is 6.37. The molecule has 2 aromatic heterocycles. The van der Waals surface area contributed by atoms with Crippen molar-refractivity contribution in [2.24, 2.45) is 12.5 Å². The standard InChI is InChI=1S/C23H28N6O2.ClH/c1-27-14-18(19-4-2-3-5-20(19)27)15-28-9-6-23(16-28)7-10-29(11-8-23)22-24-12-17(13-25-22)21(30)26-31;/h2-5,12-14,31H,6-11,15-16H2,1H3,(H,26,30);1H. The number of carbonyl (C=O) groups is 1. The first-order valence-electron chi connectivity index (χ1n) is 10.8. The van der Waals surface area contributed by atoms with Crippen LogP contribution in [0.15, 0.2) is 42.9 Å². The molecular formula is C23H29ClN6O2. The number of aromatic nitrogens is 3. The molecule has 5 rings (SSSR count). The maximum Gasteiger partial charge on any atom is 0.277 e. The molecule has 2 aliphatic heterocycles. The summed E-state index contributed by atoms with van der Waals surface area (Å²) in [6, 6.07) is 8.64. The van der Waals surface area contributed by atoms with Crippen LogP contribution < -0.4 is 10.4 Å². The third-order valence-electron chi connectivity index (χ3n) is 7.00. The van der Waals surface area contributed by atoms with E-state index in [2.05, 4.69) is 61.8 Å². The predicted octanol–water partition coefficient (Wildman–Crippen LogP) is 3.00. The Morgan fingerprint density at radius 1 is 1.12 bits per heavy atom. The molecule has 3 aromatic rings. The Morgan fingerprint density at radius 2 is 1.81 bits per heavy atom. The average Bonchev–Trinajstić information content (AvgIpc) is 3.35. The van der Waals surface area contributed by atoms with E-state index in [1.54, 1.807) is 5.48 Å². The summed E-state index contributed by atoms with van der Waals surface area (Å²) < 4.78 is 2.23. The van der Waals surface area contributed by atoms with Gasteiger partial charge in [-0.25, -0.2) is 15.4 Å². The zero-order chi connectivity index (χ0) is 21.4. The topological polar surface area (TPSA) is 86.5 Å². The van der Waals surface area contributed by atoms with Crippen LogP contribution in [0.25, 0.3) is 10.9 Å². The van der Waals surface area contributed by atoms with Crippen LogP contribution in [0.3, 0.4) is 0 Å². The smallest absolute Gasteiger partial charge is 0.277 e. The molecule has 2 aliphatic rings. The molecule has 0 saturated carbocycles. The van der Waals surface area contributed by atoms with Gasteiger partial charge in [0.2, 0.25) is 5.95 Å². The van der Waals surface area contributed by atoms with Crippen LogP contribution in [0.4, 0.5) is 5.95 Å². The minimum Gasteiger partial charge on any atom is -0.350 e. The van der Waals surface area contributed by atoms with Gasteiger partial charge < -0.3 is 9.47 Å². The van der Waals surface area contributed by atoms with Gasteiger partial charge in [0, 0.05) is 62.7 Å². The molecule has 2 saturated heterocycles. The number of nitrogens with zero attached hydrogens (tertiary/aromatic N) is 5. The van der Waals surface area contributed by atoms with Crippen LogP contribution in [-0.2, 0) is 13.6 Å². The fourth-order valence-corrected chi connectivity index (χ4v) is 5.21. The number of fused-ring (bicyclic) bond motifs is 1. The first-order valence-corrected chi connectivity index (χ1v) is 10.8. The second-order valence-electron chi connectivity index (χ2n) is 8.94. The van der Waals surface area contributed by atoms with Gasteiger partial charge in [0.15, 0.2) is 0 Å². The summed E-state index contributed by atoms with van der Waals surface area (Å²) >= 11 is 0. The van der Waals surface area contributed by atoms with E-state index in [1.807, 2.05) is 0 Å². The zero-order valence-electron chi connectivity index (χ0n) is 18.2. The number of anilines is 1. The molecule has 2 N–H and O–H groups in total. The number of hydrogen-bond donors (Lipinski definition) is 2. The van der Waals surface area contributed by atoms with Crippen molar-refractivity contribution in [2.45, 2.75) is 25.8 Å². The molecule has 170 valence electrons. The Bertz CT molecular complexity index is 1090. The summed E-state index contributed by atoms with van der Waals surface area (Å²) in [6.45, 7) is 5.14. The van der Waals surface area contributed by atoms with Gasteiger partial charge in [0.25, 0.3) is 5.91 Å². The van der Waals surface area contributed by atoms with Crippen LogP contribution in [-0.4, -0.2) is 56.7 Å². The van der Waals surface area contributed by atoms with Crippen molar-refractivity contribution in [1.29, 1.82) is 0 Å². The maximum absolute atomic E-state index is 11.4. The number of aryl methyl sites for hydroxylation is 1. The molecule has 9 heteroatoms. The fourth-order valence-electron chi connectivity index (χ4n) is 5.21. The van der Waals surface area contributed by atoms with Gasteiger partial charge in [0.05, 0.1) is 5.56 Å². The van der Waals surface area contributed by atoms with Gasteiger partial charge >= 0.3 is 0 Å². The highest BCUT2D eigenvalue weighted by Crippen LogP contribution is 2.41. The minimum absolute atomic E-state index is 0. The number of benzene rings is 1. The van der Waals surface area contributed by atoms with Gasteiger partial charge in [-0.15, -0.1) is 12.4 Å². The summed E-state index contributed by atoms with van der Waals surface area (Å²) in [4.78, 5) is 24.9. The molecule has 8 nitrogen and oxygen atoms in total. The molecule has 0 unspecified atom stereocenters. The average molecular weight is 457 g/mol. The molecule has 32 heavy (non-hydrogen) atoms. The number of para-hydroxylation sites is 1. The molecule has 0 aliphatic carbocycles. The van der Waals surface area contributed by atoms with E-state index < -0.39 is 5.91 Å².